The molecule has 2 aromatic rings. The molecule has 0 aliphatic carbocycles. The number of carbonyl (C=O) groups is 1. The monoisotopic (exact) mass is 398 g/mol. The summed E-state index contributed by atoms with van der Waals surface area (Å²) in [6.07, 6.45) is 1.63. The van der Waals surface area contributed by atoms with Crippen LogP contribution in [-0.4, -0.2) is 43.4 Å². The second-order valence-corrected chi connectivity index (χ2v) is 6.96. The van der Waals surface area contributed by atoms with Crippen LogP contribution in [0.2, 0.25) is 10.0 Å². The van der Waals surface area contributed by atoms with Crippen molar-refractivity contribution in [1.29, 1.82) is 0 Å². The van der Waals surface area contributed by atoms with Crippen molar-refractivity contribution in [1.82, 2.24) is 10.4 Å². The summed E-state index contributed by atoms with van der Waals surface area (Å²) in [6.45, 7) is 3.06. The van der Waals surface area contributed by atoms with Crippen LogP contribution in [0.4, 0.5) is 5.13 Å². The Morgan fingerprint density at radius 3 is 3.00 bits per heavy atom. The van der Waals surface area contributed by atoms with Gasteiger partial charge in [-0.15, -0.1) is 11.3 Å². The van der Waals surface area contributed by atoms with Gasteiger partial charge >= 0.3 is 0 Å². The molecule has 3 rings (SSSR count). The number of aromatic nitrogens is 1. The maximum atomic E-state index is 12.0. The number of benzene rings is 1. The Kier molecular flexibility index (Phi) is 6.25. The lowest BCUT2D eigenvalue weighted by atomic mass is 10.2. The van der Waals surface area contributed by atoms with Gasteiger partial charge in [-0.25, -0.2) is 10.4 Å². The van der Waals surface area contributed by atoms with Gasteiger partial charge in [0.1, 0.15) is 0 Å². The zero-order valence-electron chi connectivity index (χ0n) is 13.2. The van der Waals surface area contributed by atoms with E-state index in [1.165, 1.54) is 17.6 Å². The van der Waals surface area contributed by atoms with Crippen molar-refractivity contribution in [2.75, 3.05) is 31.2 Å². The summed E-state index contributed by atoms with van der Waals surface area (Å²) in [5.41, 5.74) is 3.83. The highest BCUT2D eigenvalue weighted by Gasteiger charge is 2.15. The molecule has 1 aromatic carbocycles. The number of hydrazone groups is 1. The molecule has 1 N–H and O–H groups in total. The van der Waals surface area contributed by atoms with E-state index in [1.54, 1.807) is 18.2 Å². The van der Waals surface area contributed by atoms with Crippen LogP contribution in [0, 0.1) is 0 Å². The fourth-order valence-corrected chi connectivity index (χ4v) is 3.51. The SMILES string of the molecule is O=C(Cc1csc(N2CCOCC2)n1)N/N=C\c1cccc(Cl)c1Cl. The zero-order chi connectivity index (χ0) is 17.6. The third-order valence-electron chi connectivity index (χ3n) is 3.54. The Morgan fingerprint density at radius 2 is 2.20 bits per heavy atom. The van der Waals surface area contributed by atoms with E-state index < -0.39 is 0 Å². The molecule has 2 heterocycles. The standard InChI is InChI=1S/C16H16Cl2N4O2S/c17-13-3-1-2-11(15(13)18)9-19-21-14(23)8-12-10-25-16(20-12)22-4-6-24-7-5-22/h1-3,9-10H,4-8H2,(H,21,23)/b19-9-. The van der Waals surface area contributed by atoms with Crippen molar-refractivity contribution >= 4 is 51.8 Å². The number of hydrogen-bond donors (Lipinski definition) is 1. The summed E-state index contributed by atoms with van der Waals surface area (Å²) in [7, 11) is 0. The van der Waals surface area contributed by atoms with Gasteiger partial charge in [-0.05, 0) is 6.07 Å². The van der Waals surface area contributed by atoms with Crippen LogP contribution >= 0.6 is 34.5 Å². The van der Waals surface area contributed by atoms with Gasteiger partial charge in [0, 0.05) is 24.0 Å². The van der Waals surface area contributed by atoms with Crippen molar-refractivity contribution in [3.05, 3.63) is 44.9 Å². The van der Waals surface area contributed by atoms with E-state index in [0.29, 0.717) is 28.8 Å². The van der Waals surface area contributed by atoms with Gasteiger partial charge in [-0.3, -0.25) is 4.79 Å². The molecule has 0 unspecified atom stereocenters. The minimum Gasteiger partial charge on any atom is -0.378 e. The summed E-state index contributed by atoms with van der Waals surface area (Å²) in [5, 5.41) is 7.56. The lowest BCUT2D eigenvalue weighted by Gasteiger charge is -2.26. The zero-order valence-corrected chi connectivity index (χ0v) is 15.6. The molecule has 0 atom stereocenters. The van der Waals surface area contributed by atoms with Crippen molar-refractivity contribution in [3.63, 3.8) is 0 Å². The molecule has 6 nitrogen and oxygen atoms in total. The van der Waals surface area contributed by atoms with Crippen LogP contribution in [0.1, 0.15) is 11.3 Å². The Morgan fingerprint density at radius 1 is 1.40 bits per heavy atom. The summed E-state index contributed by atoms with van der Waals surface area (Å²) < 4.78 is 5.33. The smallest absolute Gasteiger partial charge is 0.246 e. The highest BCUT2D eigenvalue weighted by Crippen LogP contribution is 2.24. The first-order valence-electron chi connectivity index (χ1n) is 7.66. The quantitative estimate of drug-likeness (QED) is 0.620. The van der Waals surface area contributed by atoms with E-state index in [1.807, 2.05) is 5.38 Å². The first-order valence-corrected chi connectivity index (χ1v) is 9.30. The number of carbonyl (C=O) groups excluding carboxylic acids is 1. The third-order valence-corrected chi connectivity index (χ3v) is 5.32. The molecule has 1 fully saturated rings. The van der Waals surface area contributed by atoms with Crippen molar-refractivity contribution < 1.29 is 9.53 Å². The second-order valence-electron chi connectivity index (χ2n) is 5.33. The van der Waals surface area contributed by atoms with Crippen molar-refractivity contribution in [3.8, 4) is 0 Å². The van der Waals surface area contributed by atoms with E-state index in [9.17, 15) is 4.79 Å². The number of nitrogens with zero attached hydrogens (tertiary/aromatic N) is 3. The first-order chi connectivity index (χ1) is 12.1. The predicted molar refractivity (Wildman–Crippen MR) is 101 cm³/mol. The minimum atomic E-state index is -0.242. The maximum absolute atomic E-state index is 12.0. The molecule has 132 valence electrons. The Hall–Kier alpha value is -1.67. The Labute approximate surface area is 159 Å². The van der Waals surface area contributed by atoms with Gasteiger partial charge in [0.2, 0.25) is 5.91 Å². The Balaban J connectivity index is 1.53. The molecule has 9 heteroatoms. The predicted octanol–water partition coefficient (Wildman–Crippen LogP) is 2.98. The van der Waals surface area contributed by atoms with E-state index in [0.717, 1.165) is 23.9 Å². The Bertz CT molecular complexity index is 775. The van der Waals surface area contributed by atoms with Crippen molar-refractivity contribution in [2.24, 2.45) is 5.10 Å². The number of rotatable bonds is 5. The molecule has 1 saturated heterocycles. The lowest BCUT2D eigenvalue weighted by Crippen LogP contribution is -2.36. The van der Waals surface area contributed by atoms with Crippen molar-refractivity contribution in [2.45, 2.75) is 6.42 Å². The molecule has 0 spiro atoms. The normalized spacial score (nSPS) is 14.9. The van der Waals surface area contributed by atoms with Crippen LogP contribution < -0.4 is 10.3 Å². The molecule has 0 bridgehead atoms. The maximum Gasteiger partial charge on any atom is 0.246 e. The fourth-order valence-electron chi connectivity index (χ4n) is 2.28. The van der Waals surface area contributed by atoms with Crippen LogP contribution in [0.3, 0.4) is 0 Å². The average molecular weight is 399 g/mol. The number of ether oxygens (including phenoxy) is 1. The summed E-state index contributed by atoms with van der Waals surface area (Å²) >= 11 is 13.5. The topological polar surface area (TPSA) is 66.8 Å². The molecule has 0 radical (unpaired) electrons. The number of halogens is 2. The summed E-state index contributed by atoms with van der Waals surface area (Å²) in [6, 6.07) is 5.22. The van der Waals surface area contributed by atoms with Gasteiger partial charge in [-0.1, -0.05) is 35.3 Å². The highest BCUT2D eigenvalue weighted by molar-refractivity contribution is 7.13. The van der Waals surface area contributed by atoms with Gasteiger partial charge in [0.05, 0.1) is 41.6 Å². The molecule has 1 amide bonds. The van der Waals surface area contributed by atoms with Gasteiger partial charge in [0.25, 0.3) is 0 Å². The van der Waals surface area contributed by atoms with Gasteiger partial charge < -0.3 is 9.64 Å². The number of amides is 1. The summed E-state index contributed by atoms with van der Waals surface area (Å²) in [4.78, 5) is 18.7. The number of hydrogen-bond acceptors (Lipinski definition) is 6. The van der Waals surface area contributed by atoms with Crippen LogP contribution in [0.25, 0.3) is 0 Å². The first kappa shape index (κ1) is 18.1. The molecular formula is C16H16Cl2N4O2S. The molecular weight excluding hydrogens is 383 g/mol. The van der Waals surface area contributed by atoms with E-state index >= 15 is 0 Å². The average Bonchev–Trinajstić information content (AvgIpc) is 3.08. The third kappa shape index (κ3) is 4.92. The highest BCUT2D eigenvalue weighted by atomic mass is 35.5. The number of anilines is 1. The number of thiazole rings is 1. The second kappa shape index (κ2) is 8.62. The van der Waals surface area contributed by atoms with E-state index in [2.05, 4.69) is 20.4 Å². The van der Waals surface area contributed by atoms with Crippen LogP contribution in [-0.2, 0) is 16.0 Å². The van der Waals surface area contributed by atoms with E-state index in [-0.39, 0.29) is 12.3 Å². The van der Waals surface area contributed by atoms with Crippen LogP contribution in [0.15, 0.2) is 28.7 Å². The largest absolute Gasteiger partial charge is 0.378 e. The fraction of sp³-hybridized carbons (Fsp3) is 0.312. The van der Waals surface area contributed by atoms with Gasteiger partial charge in [0.15, 0.2) is 5.13 Å². The lowest BCUT2D eigenvalue weighted by molar-refractivity contribution is -0.120. The van der Waals surface area contributed by atoms with Gasteiger partial charge in [-0.2, -0.15) is 5.10 Å². The molecule has 1 aromatic heterocycles. The molecule has 0 saturated carbocycles. The van der Waals surface area contributed by atoms with E-state index in [4.69, 9.17) is 27.9 Å². The molecule has 1 aliphatic rings. The number of nitrogens with one attached hydrogen (secondary N) is 1. The molecule has 25 heavy (non-hydrogen) atoms. The van der Waals surface area contributed by atoms with Crippen LogP contribution in [0.5, 0.6) is 0 Å². The number of morpholine rings is 1. The molecule has 1 aliphatic heterocycles. The minimum absolute atomic E-state index is 0.168. The summed E-state index contributed by atoms with van der Waals surface area (Å²) in [5.74, 6) is -0.242.